The van der Waals surface area contributed by atoms with Gasteiger partial charge >= 0.3 is 7.82 Å². The molecule has 32 heavy (non-hydrogen) atoms. The van der Waals surface area contributed by atoms with E-state index in [2.05, 4.69) is 0 Å². The predicted octanol–water partition coefficient (Wildman–Crippen LogP) is 2.03. The summed E-state index contributed by atoms with van der Waals surface area (Å²) in [6, 6.07) is 0. The van der Waals surface area contributed by atoms with Gasteiger partial charge in [-0.15, -0.1) is 0 Å². The van der Waals surface area contributed by atoms with Crippen molar-refractivity contribution in [2.24, 2.45) is 5.41 Å². The molecule has 0 aliphatic carbocycles. The molecule has 10 nitrogen and oxygen atoms in total. The van der Waals surface area contributed by atoms with E-state index in [0.717, 1.165) is 0 Å². The zero-order valence-corrected chi connectivity index (χ0v) is 20.9. The van der Waals surface area contributed by atoms with Crippen LogP contribution in [0.15, 0.2) is 0 Å². The molecule has 11 heteroatoms. The third-order valence-corrected chi connectivity index (χ3v) is 9.04. The molecule has 3 saturated heterocycles. The van der Waals surface area contributed by atoms with Crippen molar-refractivity contribution in [3.05, 3.63) is 0 Å². The molecular weight excluding hydrogens is 437 g/mol. The van der Waals surface area contributed by atoms with Crippen LogP contribution < -0.4 is 0 Å². The van der Waals surface area contributed by atoms with Crippen LogP contribution in [0.4, 0.5) is 0 Å². The van der Waals surface area contributed by atoms with Crippen LogP contribution in [0.3, 0.4) is 0 Å². The van der Waals surface area contributed by atoms with E-state index >= 15 is 0 Å². The van der Waals surface area contributed by atoms with E-state index in [9.17, 15) is 18.9 Å². The Balaban J connectivity index is 2.00. The Bertz CT molecular complexity index is 781. The van der Waals surface area contributed by atoms with Gasteiger partial charge in [0.15, 0.2) is 5.60 Å². The van der Waals surface area contributed by atoms with Crippen molar-refractivity contribution in [2.45, 2.75) is 70.7 Å². The van der Waals surface area contributed by atoms with Gasteiger partial charge in [-0.3, -0.25) is 28.0 Å². The highest BCUT2D eigenvalue weighted by molar-refractivity contribution is 7.48. The average molecular weight is 474 g/mol. The van der Waals surface area contributed by atoms with Crippen molar-refractivity contribution in [3.63, 3.8) is 0 Å². The number of likely N-dealkylation sites (tertiary alicyclic amines) is 3. The molecule has 0 spiro atoms. The molecule has 0 N–H and O–H groups in total. The van der Waals surface area contributed by atoms with Crippen molar-refractivity contribution in [1.29, 1.82) is 0 Å². The van der Waals surface area contributed by atoms with Crippen LogP contribution in [0.25, 0.3) is 0 Å². The Morgan fingerprint density at radius 2 is 1.31 bits per heavy atom. The van der Waals surface area contributed by atoms with Gasteiger partial charge in [-0.2, -0.15) is 0 Å². The molecule has 0 aromatic rings. The molecule has 0 aromatic carbocycles. The summed E-state index contributed by atoms with van der Waals surface area (Å²) in [5.41, 5.74) is -2.05. The van der Waals surface area contributed by atoms with Crippen molar-refractivity contribution >= 4 is 25.5 Å². The molecule has 0 saturated carbocycles. The zero-order chi connectivity index (χ0) is 23.9. The number of hydrogen-bond acceptors (Lipinski definition) is 7. The van der Waals surface area contributed by atoms with Gasteiger partial charge in [-0.1, -0.05) is 20.8 Å². The highest BCUT2D eigenvalue weighted by atomic mass is 31.2. The van der Waals surface area contributed by atoms with Crippen LogP contribution in [0, 0.1) is 5.41 Å². The van der Waals surface area contributed by atoms with E-state index in [1.54, 1.807) is 26.0 Å². The fourth-order valence-corrected chi connectivity index (χ4v) is 7.24. The molecular formula is C21H36N3O7P. The summed E-state index contributed by atoms with van der Waals surface area (Å²) >= 11 is 0. The van der Waals surface area contributed by atoms with Gasteiger partial charge in [-0.25, -0.2) is 4.57 Å². The van der Waals surface area contributed by atoms with Crippen LogP contribution in [0.2, 0.25) is 0 Å². The summed E-state index contributed by atoms with van der Waals surface area (Å²) in [4.78, 5) is 42.9. The molecule has 3 heterocycles. The van der Waals surface area contributed by atoms with Gasteiger partial charge < -0.3 is 14.7 Å². The highest BCUT2D eigenvalue weighted by Crippen LogP contribution is 2.62. The molecule has 3 atom stereocenters. The van der Waals surface area contributed by atoms with E-state index in [1.165, 1.54) is 9.80 Å². The van der Waals surface area contributed by atoms with Crippen LogP contribution in [0.1, 0.15) is 52.9 Å². The number of hydrogen-bond donors (Lipinski definition) is 0. The molecule has 3 aliphatic heterocycles. The molecule has 3 amide bonds. The van der Waals surface area contributed by atoms with E-state index in [4.69, 9.17) is 13.6 Å². The Morgan fingerprint density at radius 1 is 0.844 bits per heavy atom. The van der Waals surface area contributed by atoms with Gasteiger partial charge in [0.2, 0.25) is 0 Å². The first kappa shape index (κ1) is 25.1. The number of carbonyl (C=O) groups is 3. The summed E-state index contributed by atoms with van der Waals surface area (Å²) in [6.07, 6.45) is 0.106. The second kappa shape index (κ2) is 9.05. The summed E-state index contributed by atoms with van der Waals surface area (Å²) in [7, 11) is 0.476. The number of phosphoric acid groups is 1. The molecule has 3 aliphatic rings. The highest BCUT2D eigenvalue weighted by Gasteiger charge is 2.65. The Labute approximate surface area is 190 Å². The molecule has 0 bridgehead atoms. The van der Waals surface area contributed by atoms with Crippen LogP contribution in [-0.2, 0) is 32.5 Å². The predicted molar refractivity (Wildman–Crippen MR) is 117 cm³/mol. The van der Waals surface area contributed by atoms with E-state index < -0.39 is 31.0 Å². The maximum Gasteiger partial charge on any atom is 0.477 e. The lowest BCUT2D eigenvalue weighted by Gasteiger charge is -2.42. The molecule has 3 fully saturated rings. The quantitative estimate of drug-likeness (QED) is 0.472. The van der Waals surface area contributed by atoms with Crippen LogP contribution >= 0.6 is 7.82 Å². The number of carbonyl (C=O) groups excluding carboxylic acids is 3. The maximum absolute atomic E-state index is 14.1. The van der Waals surface area contributed by atoms with Gasteiger partial charge in [0.25, 0.3) is 17.7 Å². The smallest absolute Gasteiger partial charge is 0.343 e. The lowest BCUT2D eigenvalue weighted by atomic mass is 9.69. The number of rotatable bonds is 9. The van der Waals surface area contributed by atoms with E-state index in [1.807, 2.05) is 20.8 Å². The Morgan fingerprint density at radius 3 is 1.66 bits per heavy atom. The first-order valence-corrected chi connectivity index (χ1v) is 12.9. The summed E-state index contributed by atoms with van der Waals surface area (Å²) in [5.74, 6) is -0.948. The second-order valence-electron chi connectivity index (χ2n) is 9.15. The Hall–Kier alpha value is -1.48. The minimum absolute atomic E-state index is 0.256. The average Bonchev–Trinajstić information content (AvgIpc) is 3.32. The normalized spacial score (nSPS) is 32.3. The van der Waals surface area contributed by atoms with Crippen molar-refractivity contribution in [2.75, 3.05) is 40.8 Å². The van der Waals surface area contributed by atoms with Gasteiger partial charge in [0.1, 0.15) is 12.2 Å². The van der Waals surface area contributed by atoms with Crippen molar-refractivity contribution in [3.8, 4) is 0 Å². The fraction of sp³-hybridized carbons (Fsp3) is 0.857. The summed E-state index contributed by atoms with van der Waals surface area (Å²) in [5, 5.41) is 0. The van der Waals surface area contributed by atoms with Crippen LogP contribution in [-0.4, -0.2) is 91.0 Å². The van der Waals surface area contributed by atoms with E-state index in [-0.39, 0.29) is 24.1 Å². The standard InChI is InChI=1S/C21H36N3O7P/c1-7-20(8-2)14-24(6)19(27)21(20,9-3)31-32(28,29-15-10-12-22(4)17(15)25)30-16-11-13-23(5)18(16)26/h15-16H,7-14H2,1-6H3. The van der Waals surface area contributed by atoms with Crippen LogP contribution in [0.5, 0.6) is 0 Å². The van der Waals surface area contributed by atoms with E-state index in [0.29, 0.717) is 45.3 Å². The number of phosphoric ester groups is 1. The van der Waals surface area contributed by atoms with Gasteiger partial charge in [0.05, 0.1) is 0 Å². The minimum atomic E-state index is -4.49. The van der Waals surface area contributed by atoms with Crippen molar-refractivity contribution < 1.29 is 32.5 Å². The monoisotopic (exact) mass is 473 g/mol. The number of likely N-dealkylation sites (N-methyl/N-ethyl adjacent to an activating group) is 3. The summed E-state index contributed by atoms with van der Waals surface area (Å²) in [6.45, 7) is 7.10. The maximum atomic E-state index is 14.1. The van der Waals surface area contributed by atoms with Gasteiger partial charge in [-0.05, 0) is 19.3 Å². The molecule has 0 radical (unpaired) electrons. The van der Waals surface area contributed by atoms with Gasteiger partial charge in [0, 0.05) is 59.0 Å². The molecule has 3 unspecified atom stereocenters. The molecule has 182 valence electrons. The SMILES string of the molecule is CCC1(CC)CN(C)C(=O)C1(CC)OP(=O)(OC1CCN(C)C1=O)OC1CCN(C)C1=O. The number of nitrogens with zero attached hydrogens (tertiary/aromatic N) is 3. The first-order chi connectivity index (χ1) is 15.0. The lowest BCUT2D eigenvalue weighted by Crippen LogP contribution is -2.51. The topological polar surface area (TPSA) is 106 Å². The fourth-order valence-electron chi connectivity index (χ4n) is 5.31. The third kappa shape index (κ3) is 4.00. The summed E-state index contributed by atoms with van der Waals surface area (Å²) < 4.78 is 31.8. The zero-order valence-electron chi connectivity index (χ0n) is 20.0. The van der Waals surface area contributed by atoms with Crippen molar-refractivity contribution in [1.82, 2.24) is 14.7 Å². The minimum Gasteiger partial charge on any atom is -0.343 e. The largest absolute Gasteiger partial charge is 0.477 e. The lowest BCUT2D eigenvalue weighted by molar-refractivity contribution is -0.152. The number of amides is 3. The first-order valence-electron chi connectivity index (χ1n) is 11.4. The Kier molecular flexibility index (Phi) is 7.11. The molecule has 0 aromatic heterocycles. The molecule has 3 rings (SSSR count). The third-order valence-electron chi connectivity index (χ3n) is 7.48. The second-order valence-corrected chi connectivity index (χ2v) is 10.7.